The van der Waals surface area contributed by atoms with Crippen molar-refractivity contribution in [3.63, 3.8) is 0 Å². The van der Waals surface area contributed by atoms with Gasteiger partial charge in [0.2, 0.25) is 0 Å². The van der Waals surface area contributed by atoms with Gasteiger partial charge in [-0.2, -0.15) is 0 Å². The van der Waals surface area contributed by atoms with Crippen LogP contribution in [0, 0.1) is 0 Å². The Balaban J connectivity index is 0. The Hall–Kier alpha value is -1.11. The molecule has 0 bridgehead atoms. The molecule has 0 atom stereocenters. The first-order valence-electron chi connectivity index (χ1n) is 5.78. The topological polar surface area (TPSA) is 12.4 Å². The standard InChI is InChI=1S/C10H13N.2C2H6/c1-8(2)7-10-9(3)5-4-6-11-10;2*1-2/h6-7H,1,3-5H2,2H3;2*1-2H3/b10-7+;;. The molecule has 0 saturated heterocycles. The normalized spacial score (nSPS) is 16.1. The van der Waals surface area contributed by atoms with E-state index in [0.717, 1.165) is 29.7 Å². The van der Waals surface area contributed by atoms with Crippen LogP contribution in [0.5, 0.6) is 0 Å². The second kappa shape index (κ2) is 11.0. The third kappa shape index (κ3) is 7.92. The van der Waals surface area contributed by atoms with Crippen LogP contribution < -0.4 is 0 Å². The first kappa shape index (κ1) is 16.3. The molecule has 0 unspecified atom stereocenters. The van der Waals surface area contributed by atoms with Gasteiger partial charge in [-0.3, -0.25) is 4.99 Å². The van der Waals surface area contributed by atoms with Crippen LogP contribution in [0.25, 0.3) is 0 Å². The first-order chi connectivity index (χ1) is 7.20. The minimum Gasteiger partial charge on any atom is -0.261 e. The maximum absolute atomic E-state index is 4.23. The lowest BCUT2D eigenvalue weighted by molar-refractivity contribution is 0.992. The molecule has 0 spiro atoms. The van der Waals surface area contributed by atoms with E-state index < -0.39 is 0 Å². The number of aliphatic imine (C=N–C) groups is 1. The molecule has 1 aliphatic heterocycles. The molecule has 0 amide bonds. The summed E-state index contributed by atoms with van der Waals surface area (Å²) in [6.45, 7) is 17.7. The molecule has 1 rings (SSSR count). The second-order valence-electron chi connectivity index (χ2n) is 2.83. The van der Waals surface area contributed by atoms with Crippen LogP contribution in [0.3, 0.4) is 0 Å². The van der Waals surface area contributed by atoms with E-state index in [9.17, 15) is 0 Å². The van der Waals surface area contributed by atoms with Crippen molar-refractivity contribution < 1.29 is 0 Å². The predicted octanol–water partition coefficient (Wildman–Crippen LogP) is 4.92. The molecule has 1 heteroatoms. The minimum absolute atomic E-state index is 0.990. The summed E-state index contributed by atoms with van der Waals surface area (Å²) in [4.78, 5) is 4.23. The van der Waals surface area contributed by atoms with Gasteiger partial charge in [-0.1, -0.05) is 46.4 Å². The van der Waals surface area contributed by atoms with Gasteiger partial charge in [-0.05, 0) is 31.4 Å². The largest absolute Gasteiger partial charge is 0.261 e. The molecule has 1 heterocycles. The fourth-order valence-electron chi connectivity index (χ4n) is 0.994. The van der Waals surface area contributed by atoms with Gasteiger partial charge in [0.15, 0.2) is 0 Å². The Kier molecular flexibility index (Phi) is 11.9. The molecular formula is C14H25N. The van der Waals surface area contributed by atoms with E-state index in [2.05, 4.69) is 18.2 Å². The Labute approximate surface area is 95.3 Å². The van der Waals surface area contributed by atoms with Gasteiger partial charge in [-0.25, -0.2) is 0 Å². The molecule has 1 aliphatic rings. The average Bonchev–Trinajstić information content (AvgIpc) is 2.27. The van der Waals surface area contributed by atoms with E-state index in [0.29, 0.717) is 0 Å². The van der Waals surface area contributed by atoms with E-state index in [-0.39, 0.29) is 0 Å². The van der Waals surface area contributed by atoms with Gasteiger partial charge < -0.3 is 0 Å². The zero-order chi connectivity index (χ0) is 12.3. The van der Waals surface area contributed by atoms with Crippen LogP contribution in [0.4, 0.5) is 0 Å². The summed E-state index contributed by atoms with van der Waals surface area (Å²) < 4.78 is 0. The van der Waals surface area contributed by atoms with Gasteiger partial charge in [-0.15, -0.1) is 0 Å². The van der Waals surface area contributed by atoms with Crippen LogP contribution in [0.1, 0.15) is 47.5 Å². The highest BCUT2D eigenvalue weighted by atomic mass is 14.7. The summed E-state index contributed by atoms with van der Waals surface area (Å²) >= 11 is 0. The fourth-order valence-corrected chi connectivity index (χ4v) is 0.994. The molecule has 0 aromatic rings. The monoisotopic (exact) mass is 207 g/mol. The van der Waals surface area contributed by atoms with E-state index in [1.165, 1.54) is 0 Å². The van der Waals surface area contributed by atoms with E-state index in [1.54, 1.807) is 0 Å². The van der Waals surface area contributed by atoms with Crippen molar-refractivity contribution in [3.8, 4) is 0 Å². The van der Waals surface area contributed by atoms with Crippen molar-refractivity contribution in [2.45, 2.75) is 47.5 Å². The number of nitrogens with zero attached hydrogens (tertiary/aromatic N) is 1. The maximum Gasteiger partial charge on any atom is 0.0654 e. The van der Waals surface area contributed by atoms with Gasteiger partial charge in [0.1, 0.15) is 0 Å². The molecule has 0 aromatic heterocycles. The predicted molar refractivity (Wildman–Crippen MR) is 72.5 cm³/mol. The summed E-state index contributed by atoms with van der Waals surface area (Å²) in [6, 6.07) is 0. The summed E-state index contributed by atoms with van der Waals surface area (Å²) in [5.74, 6) is 0. The molecule has 86 valence electrons. The Morgan fingerprint density at radius 3 is 2.27 bits per heavy atom. The number of allylic oxidation sites excluding steroid dienone is 3. The van der Waals surface area contributed by atoms with E-state index in [1.807, 2.05) is 46.9 Å². The quantitative estimate of drug-likeness (QED) is 0.578. The minimum atomic E-state index is 0.990. The molecule has 0 aliphatic carbocycles. The molecule has 1 nitrogen and oxygen atoms in total. The Bertz CT molecular complexity index is 244. The molecule has 0 fully saturated rings. The number of rotatable bonds is 1. The smallest absolute Gasteiger partial charge is 0.0654 e. The van der Waals surface area contributed by atoms with Crippen molar-refractivity contribution in [1.29, 1.82) is 0 Å². The van der Waals surface area contributed by atoms with Crippen molar-refractivity contribution in [2.24, 2.45) is 4.99 Å². The highest BCUT2D eigenvalue weighted by Gasteiger charge is 2.03. The summed E-state index contributed by atoms with van der Waals surface area (Å²) in [5, 5.41) is 0. The van der Waals surface area contributed by atoms with Crippen molar-refractivity contribution >= 4 is 6.21 Å². The van der Waals surface area contributed by atoms with Crippen molar-refractivity contribution in [1.82, 2.24) is 0 Å². The zero-order valence-electron chi connectivity index (χ0n) is 10.9. The summed E-state index contributed by atoms with van der Waals surface area (Å²) in [6.07, 6.45) is 5.95. The molecule has 15 heavy (non-hydrogen) atoms. The molecule has 0 radical (unpaired) electrons. The molecule has 0 saturated carbocycles. The number of hydrogen-bond donors (Lipinski definition) is 0. The highest BCUT2D eigenvalue weighted by molar-refractivity contribution is 5.64. The summed E-state index contributed by atoms with van der Waals surface area (Å²) in [7, 11) is 0. The highest BCUT2D eigenvalue weighted by Crippen LogP contribution is 2.19. The van der Waals surface area contributed by atoms with Crippen molar-refractivity contribution in [2.75, 3.05) is 0 Å². The fraction of sp³-hybridized carbons (Fsp3) is 0.500. The Morgan fingerprint density at radius 2 is 1.87 bits per heavy atom. The first-order valence-corrected chi connectivity index (χ1v) is 5.78. The zero-order valence-corrected chi connectivity index (χ0v) is 10.9. The Morgan fingerprint density at radius 1 is 1.33 bits per heavy atom. The second-order valence-corrected chi connectivity index (χ2v) is 2.83. The average molecular weight is 207 g/mol. The molecule has 0 N–H and O–H groups in total. The number of hydrogen-bond acceptors (Lipinski definition) is 1. The van der Waals surface area contributed by atoms with Crippen LogP contribution in [0.15, 0.2) is 41.1 Å². The lowest BCUT2D eigenvalue weighted by Gasteiger charge is -2.09. The van der Waals surface area contributed by atoms with Crippen LogP contribution >= 0.6 is 0 Å². The van der Waals surface area contributed by atoms with E-state index >= 15 is 0 Å². The van der Waals surface area contributed by atoms with Crippen LogP contribution in [-0.2, 0) is 0 Å². The third-order valence-corrected chi connectivity index (χ3v) is 1.55. The van der Waals surface area contributed by atoms with Crippen molar-refractivity contribution in [3.05, 3.63) is 36.1 Å². The van der Waals surface area contributed by atoms with Gasteiger partial charge in [0.05, 0.1) is 5.70 Å². The maximum atomic E-state index is 4.23. The van der Waals surface area contributed by atoms with Gasteiger partial charge in [0.25, 0.3) is 0 Å². The van der Waals surface area contributed by atoms with Crippen LogP contribution in [0.2, 0.25) is 0 Å². The SMILES string of the molecule is C=C(C)/C=C1/N=CCCC1=C.CC.CC. The van der Waals surface area contributed by atoms with Gasteiger partial charge >= 0.3 is 0 Å². The third-order valence-electron chi connectivity index (χ3n) is 1.55. The lowest BCUT2D eigenvalue weighted by atomic mass is 10.1. The lowest BCUT2D eigenvalue weighted by Crippen LogP contribution is -1.94. The van der Waals surface area contributed by atoms with Crippen LogP contribution in [-0.4, -0.2) is 6.21 Å². The molecular weight excluding hydrogens is 182 g/mol. The molecule has 0 aromatic carbocycles. The summed E-state index contributed by atoms with van der Waals surface area (Å²) in [5.41, 5.74) is 3.14. The van der Waals surface area contributed by atoms with E-state index in [4.69, 9.17) is 0 Å². The van der Waals surface area contributed by atoms with Gasteiger partial charge in [0, 0.05) is 6.21 Å².